The van der Waals surface area contributed by atoms with Crippen LogP contribution in [-0.4, -0.2) is 54.4 Å². The summed E-state index contributed by atoms with van der Waals surface area (Å²) in [4.78, 5) is 13.8. The van der Waals surface area contributed by atoms with Gasteiger partial charge < -0.3 is 9.84 Å². The number of aliphatic hydroxyl groups excluding tert-OH is 1. The number of likely N-dealkylation sites (tertiary alicyclic amines) is 1. The van der Waals surface area contributed by atoms with Gasteiger partial charge in [0.1, 0.15) is 6.04 Å². The van der Waals surface area contributed by atoms with E-state index in [4.69, 9.17) is 10.6 Å². The van der Waals surface area contributed by atoms with Crippen molar-refractivity contribution in [2.75, 3.05) is 20.3 Å². The lowest BCUT2D eigenvalue weighted by atomic mass is 10.1. The van der Waals surface area contributed by atoms with Gasteiger partial charge in [-0.3, -0.25) is 15.1 Å². The van der Waals surface area contributed by atoms with Gasteiger partial charge in [0, 0.05) is 13.2 Å². The molecule has 6 heteroatoms. The molecule has 1 aliphatic rings. The molecule has 0 aromatic rings. The Hall–Kier alpha value is -0.690. The molecule has 3 atom stereocenters. The molecule has 1 aliphatic heterocycles. The highest BCUT2D eigenvalue weighted by atomic mass is 16.5. The molecule has 17 heavy (non-hydrogen) atoms. The average Bonchev–Trinajstić information content (AvgIpc) is 2.72. The Morgan fingerprint density at radius 1 is 1.71 bits per heavy atom. The molecule has 1 amide bonds. The first kappa shape index (κ1) is 14.4. The highest BCUT2D eigenvalue weighted by Crippen LogP contribution is 2.24. The van der Waals surface area contributed by atoms with Gasteiger partial charge in [-0.2, -0.15) is 0 Å². The number of aliphatic hydroxyl groups is 1. The van der Waals surface area contributed by atoms with Crippen LogP contribution < -0.4 is 11.3 Å². The van der Waals surface area contributed by atoms with Crippen molar-refractivity contribution in [1.29, 1.82) is 0 Å². The van der Waals surface area contributed by atoms with E-state index in [2.05, 4.69) is 10.3 Å². The number of amides is 1. The highest BCUT2D eigenvalue weighted by molar-refractivity contribution is 5.81. The Labute approximate surface area is 102 Å². The van der Waals surface area contributed by atoms with E-state index in [-0.39, 0.29) is 24.1 Å². The van der Waals surface area contributed by atoms with E-state index in [0.717, 1.165) is 19.4 Å². The first-order chi connectivity index (χ1) is 8.10. The Kier molecular flexibility index (Phi) is 5.84. The third-order valence-corrected chi connectivity index (χ3v) is 3.21. The minimum absolute atomic E-state index is 0.229. The van der Waals surface area contributed by atoms with Crippen LogP contribution in [0.1, 0.15) is 26.2 Å². The monoisotopic (exact) mass is 245 g/mol. The largest absolute Gasteiger partial charge is 0.393 e. The van der Waals surface area contributed by atoms with Gasteiger partial charge in [0.05, 0.1) is 12.7 Å². The third-order valence-electron chi connectivity index (χ3n) is 3.21. The molecule has 1 heterocycles. The molecule has 0 spiro atoms. The molecule has 3 unspecified atom stereocenters. The van der Waals surface area contributed by atoms with Gasteiger partial charge in [-0.05, 0) is 32.7 Å². The smallest absolute Gasteiger partial charge is 0.253 e. The molecule has 0 radical (unpaired) electrons. The fraction of sp³-hybridized carbons (Fsp3) is 0.909. The van der Waals surface area contributed by atoms with Crippen LogP contribution in [0, 0.1) is 0 Å². The van der Waals surface area contributed by atoms with Crippen molar-refractivity contribution in [1.82, 2.24) is 10.3 Å². The number of ether oxygens (including phenoxy) is 1. The summed E-state index contributed by atoms with van der Waals surface area (Å²) in [5.74, 6) is 4.95. The summed E-state index contributed by atoms with van der Waals surface area (Å²) in [6.07, 6.45) is 2.36. The lowest BCUT2D eigenvalue weighted by Gasteiger charge is -2.31. The van der Waals surface area contributed by atoms with E-state index in [0.29, 0.717) is 13.0 Å². The second-order valence-electron chi connectivity index (χ2n) is 4.60. The maximum Gasteiger partial charge on any atom is 0.253 e. The predicted molar refractivity (Wildman–Crippen MR) is 64.0 cm³/mol. The van der Waals surface area contributed by atoms with Crippen molar-refractivity contribution in [3.05, 3.63) is 0 Å². The molecule has 6 nitrogen and oxygen atoms in total. The van der Waals surface area contributed by atoms with Crippen molar-refractivity contribution >= 4 is 5.91 Å². The van der Waals surface area contributed by atoms with Crippen LogP contribution in [0.3, 0.4) is 0 Å². The number of hydrogen-bond donors (Lipinski definition) is 3. The zero-order valence-electron chi connectivity index (χ0n) is 10.6. The van der Waals surface area contributed by atoms with Crippen LogP contribution in [0.25, 0.3) is 0 Å². The summed E-state index contributed by atoms with van der Waals surface area (Å²) >= 11 is 0. The normalized spacial score (nSPS) is 24.6. The van der Waals surface area contributed by atoms with Crippen molar-refractivity contribution in [2.45, 2.75) is 44.4 Å². The summed E-state index contributed by atoms with van der Waals surface area (Å²) in [6, 6.07) is -0.135. The lowest BCUT2D eigenvalue weighted by molar-refractivity contribution is -0.129. The highest BCUT2D eigenvalue weighted by Gasteiger charge is 2.34. The standard InChI is InChI=1S/C11H23N3O3/c1-8(15)6-9-4-3-5-14(9)10(7-17-2)11(16)13-12/h8-10,15H,3-7,12H2,1-2H3,(H,13,16). The van der Waals surface area contributed by atoms with Crippen LogP contribution in [0.2, 0.25) is 0 Å². The minimum Gasteiger partial charge on any atom is -0.393 e. The summed E-state index contributed by atoms with van der Waals surface area (Å²) in [5.41, 5.74) is 2.18. The van der Waals surface area contributed by atoms with Crippen molar-refractivity contribution < 1.29 is 14.6 Å². The Balaban J connectivity index is 2.67. The zero-order valence-corrected chi connectivity index (χ0v) is 10.6. The second kappa shape index (κ2) is 6.90. The molecule has 0 saturated carbocycles. The SMILES string of the molecule is COCC(C(=O)NN)N1CCCC1CC(C)O. The maximum atomic E-state index is 11.7. The number of nitrogens with one attached hydrogen (secondary N) is 1. The first-order valence-electron chi connectivity index (χ1n) is 6.03. The van der Waals surface area contributed by atoms with Gasteiger partial charge in [0.2, 0.25) is 0 Å². The molecule has 0 aromatic heterocycles. The fourth-order valence-electron chi connectivity index (χ4n) is 2.49. The molecular formula is C11H23N3O3. The average molecular weight is 245 g/mol. The van der Waals surface area contributed by atoms with Gasteiger partial charge in [-0.15, -0.1) is 0 Å². The fourth-order valence-corrected chi connectivity index (χ4v) is 2.49. The molecule has 1 rings (SSSR count). The van der Waals surface area contributed by atoms with Gasteiger partial charge in [-0.25, -0.2) is 5.84 Å². The van der Waals surface area contributed by atoms with Crippen molar-refractivity contribution in [3.8, 4) is 0 Å². The molecule has 1 saturated heterocycles. The number of nitrogens with two attached hydrogens (primary N) is 1. The van der Waals surface area contributed by atoms with E-state index in [1.807, 2.05) is 0 Å². The number of carbonyl (C=O) groups is 1. The van der Waals surface area contributed by atoms with Gasteiger partial charge in [-0.1, -0.05) is 0 Å². The lowest BCUT2D eigenvalue weighted by Crippen LogP contribution is -2.53. The van der Waals surface area contributed by atoms with E-state index in [1.165, 1.54) is 0 Å². The minimum atomic E-state index is -0.365. The first-order valence-corrected chi connectivity index (χ1v) is 6.03. The third kappa shape index (κ3) is 3.92. The van der Waals surface area contributed by atoms with Crippen LogP contribution in [0.4, 0.5) is 0 Å². The number of rotatable bonds is 6. The Morgan fingerprint density at radius 3 is 2.94 bits per heavy atom. The summed E-state index contributed by atoms with van der Waals surface area (Å²) in [6.45, 7) is 2.93. The molecule has 0 bridgehead atoms. The molecule has 100 valence electrons. The number of hydrazine groups is 1. The number of hydrogen-bond acceptors (Lipinski definition) is 5. The predicted octanol–water partition coefficient (Wildman–Crippen LogP) is -0.773. The summed E-state index contributed by atoms with van der Waals surface area (Å²) < 4.78 is 5.07. The molecule has 4 N–H and O–H groups in total. The van der Waals surface area contributed by atoms with Gasteiger partial charge in [0.15, 0.2) is 0 Å². The van der Waals surface area contributed by atoms with Crippen LogP contribution in [-0.2, 0) is 9.53 Å². The Morgan fingerprint density at radius 2 is 2.41 bits per heavy atom. The maximum absolute atomic E-state index is 11.7. The summed E-state index contributed by atoms with van der Waals surface area (Å²) in [5, 5.41) is 9.45. The molecular weight excluding hydrogens is 222 g/mol. The number of nitrogens with zero attached hydrogens (tertiary/aromatic N) is 1. The van der Waals surface area contributed by atoms with Crippen LogP contribution >= 0.6 is 0 Å². The van der Waals surface area contributed by atoms with Crippen LogP contribution in [0.15, 0.2) is 0 Å². The topological polar surface area (TPSA) is 87.8 Å². The Bertz CT molecular complexity index is 248. The number of methoxy groups -OCH3 is 1. The quantitative estimate of drug-likeness (QED) is 0.325. The molecule has 0 aliphatic carbocycles. The van der Waals surface area contributed by atoms with E-state index in [9.17, 15) is 9.90 Å². The van der Waals surface area contributed by atoms with Crippen LogP contribution in [0.5, 0.6) is 0 Å². The second-order valence-corrected chi connectivity index (χ2v) is 4.60. The van der Waals surface area contributed by atoms with Crippen molar-refractivity contribution in [3.63, 3.8) is 0 Å². The van der Waals surface area contributed by atoms with Gasteiger partial charge >= 0.3 is 0 Å². The van der Waals surface area contributed by atoms with E-state index < -0.39 is 0 Å². The summed E-state index contributed by atoms with van der Waals surface area (Å²) in [7, 11) is 1.57. The molecule has 1 fully saturated rings. The zero-order chi connectivity index (χ0) is 12.8. The van der Waals surface area contributed by atoms with Gasteiger partial charge in [0.25, 0.3) is 5.91 Å². The van der Waals surface area contributed by atoms with E-state index >= 15 is 0 Å². The van der Waals surface area contributed by atoms with E-state index in [1.54, 1.807) is 14.0 Å². The molecule has 0 aromatic carbocycles. The number of carbonyl (C=O) groups excluding carboxylic acids is 1. The van der Waals surface area contributed by atoms with Crippen molar-refractivity contribution in [2.24, 2.45) is 5.84 Å².